The summed E-state index contributed by atoms with van der Waals surface area (Å²) in [5.41, 5.74) is 10.4. The van der Waals surface area contributed by atoms with E-state index in [2.05, 4.69) is 31.1 Å². The van der Waals surface area contributed by atoms with Gasteiger partial charge < -0.3 is 11.1 Å². The van der Waals surface area contributed by atoms with Crippen molar-refractivity contribution in [2.24, 2.45) is 0 Å². The molecule has 0 radical (unpaired) electrons. The highest BCUT2D eigenvalue weighted by molar-refractivity contribution is 7.97. The number of thiazole rings is 1. The number of benzene rings is 2. The summed E-state index contributed by atoms with van der Waals surface area (Å²) in [5, 5.41) is 6.36. The molecule has 1 aliphatic rings. The molecule has 0 spiro atoms. The molecule has 36 heavy (non-hydrogen) atoms. The second-order valence-corrected chi connectivity index (χ2v) is 11.2. The fourth-order valence-electron chi connectivity index (χ4n) is 4.45. The number of nitrogen functional groups attached to an aromatic ring is 1. The number of imidazole rings is 1. The zero-order chi connectivity index (χ0) is 24.5. The summed E-state index contributed by atoms with van der Waals surface area (Å²) in [4.78, 5) is 16.4. The number of nitrogens with two attached hydrogens (primary N) is 1. The SMILES string of the molecule is Nc1cccc(-c2nc3sccn3c2-c2ccnc(N[C@@H]3CCCN(Sc4ccc(Cl)cc4)C3)n2)c1. The molecule has 0 bridgehead atoms. The lowest BCUT2D eigenvalue weighted by Crippen LogP contribution is -2.38. The third-order valence-corrected chi connectivity index (χ3v) is 8.17. The van der Waals surface area contributed by atoms with Gasteiger partial charge in [-0.25, -0.2) is 19.3 Å². The van der Waals surface area contributed by atoms with Crippen molar-refractivity contribution in [2.75, 3.05) is 24.1 Å². The molecule has 3 aromatic heterocycles. The highest BCUT2D eigenvalue weighted by atomic mass is 35.5. The minimum Gasteiger partial charge on any atom is -0.399 e. The number of piperidine rings is 1. The Morgan fingerprint density at radius 2 is 2.00 bits per heavy atom. The Kier molecular flexibility index (Phi) is 6.54. The van der Waals surface area contributed by atoms with Crippen molar-refractivity contribution in [1.82, 2.24) is 23.7 Å². The van der Waals surface area contributed by atoms with Gasteiger partial charge in [-0.1, -0.05) is 23.7 Å². The molecule has 7 nitrogen and oxygen atoms in total. The summed E-state index contributed by atoms with van der Waals surface area (Å²) in [7, 11) is 0. The first-order chi connectivity index (χ1) is 17.6. The van der Waals surface area contributed by atoms with Crippen molar-refractivity contribution in [3.63, 3.8) is 0 Å². The summed E-state index contributed by atoms with van der Waals surface area (Å²) in [5.74, 6) is 0.625. The summed E-state index contributed by atoms with van der Waals surface area (Å²) >= 11 is 9.40. The number of rotatable bonds is 6. The van der Waals surface area contributed by atoms with Gasteiger partial charge in [-0.15, -0.1) is 11.3 Å². The number of nitrogens with zero attached hydrogens (tertiary/aromatic N) is 5. The van der Waals surface area contributed by atoms with Gasteiger partial charge in [0.1, 0.15) is 5.69 Å². The minimum absolute atomic E-state index is 0.258. The van der Waals surface area contributed by atoms with Gasteiger partial charge in [0.2, 0.25) is 5.95 Å². The Labute approximate surface area is 222 Å². The molecule has 10 heteroatoms. The van der Waals surface area contributed by atoms with Crippen LogP contribution in [0.2, 0.25) is 5.02 Å². The first-order valence-corrected chi connectivity index (χ1v) is 13.8. The number of fused-ring (bicyclic) bond motifs is 1. The molecule has 1 atom stereocenters. The standard InChI is InChI=1S/C26H24ClN7S2/c27-18-6-8-21(9-7-18)36-33-12-2-5-20(16-33)30-25-29-11-10-22(31-25)24-23(17-3-1-4-19(28)15-17)32-26-34(24)13-14-35-26/h1,3-4,6-11,13-15,20H,2,5,12,16,28H2,(H,29,30,31)/t20-/m1/s1. The van der Waals surface area contributed by atoms with Gasteiger partial charge in [0, 0.05) is 58.1 Å². The lowest BCUT2D eigenvalue weighted by atomic mass is 10.1. The van der Waals surface area contributed by atoms with Crippen LogP contribution >= 0.6 is 34.9 Å². The third-order valence-electron chi connectivity index (χ3n) is 6.09. The van der Waals surface area contributed by atoms with Crippen LogP contribution in [0.5, 0.6) is 0 Å². The molecule has 182 valence electrons. The van der Waals surface area contributed by atoms with E-state index < -0.39 is 0 Å². The fraction of sp³-hybridized carbons (Fsp3) is 0.192. The van der Waals surface area contributed by atoms with Crippen molar-refractivity contribution in [3.05, 3.63) is 77.4 Å². The van der Waals surface area contributed by atoms with Crippen LogP contribution < -0.4 is 11.1 Å². The van der Waals surface area contributed by atoms with Crippen molar-refractivity contribution < 1.29 is 0 Å². The lowest BCUT2D eigenvalue weighted by Gasteiger charge is -2.32. The highest BCUT2D eigenvalue weighted by Crippen LogP contribution is 2.34. The van der Waals surface area contributed by atoms with Crippen LogP contribution in [-0.4, -0.2) is 42.8 Å². The summed E-state index contributed by atoms with van der Waals surface area (Å²) in [6.45, 7) is 1.94. The van der Waals surface area contributed by atoms with Crippen LogP contribution in [0.4, 0.5) is 11.6 Å². The third kappa shape index (κ3) is 4.92. The van der Waals surface area contributed by atoms with Gasteiger partial charge in [0.15, 0.2) is 4.96 Å². The van der Waals surface area contributed by atoms with E-state index in [1.807, 2.05) is 60.2 Å². The molecule has 1 saturated heterocycles. The second kappa shape index (κ2) is 10.1. The summed E-state index contributed by atoms with van der Waals surface area (Å²) in [6.07, 6.45) is 6.01. The van der Waals surface area contributed by atoms with E-state index in [4.69, 9.17) is 27.3 Å². The Morgan fingerprint density at radius 1 is 1.11 bits per heavy atom. The normalized spacial score (nSPS) is 16.4. The molecule has 5 aromatic rings. The fourth-order valence-corrected chi connectivity index (χ4v) is 6.32. The number of halogens is 1. The van der Waals surface area contributed by atoms with Crippen LogP contribution in [-0.2, 0) is 0 Å². The molecule has 0 saturated carbocycles. The van der Waals surface area contributed by atoms with Crippen molar-refractivity contribution in [2.45, 2.75) is 23.8 Å². The molecule has 0 amide bonds. The first kappa shape index (κ1) is 23.3. The topological polar surface area (TPSA) is 84.4 Å². The molecule has 4 heterocycles. The highest BCUT2D eigenvalue weighted by Gasteiger charge is 2.23. The molecule has 0 unspecified atom stereocenters. The molecule has 0 aliphatic carbocycles. The molecule has 1 aliphatic heterocycles. The minimum atomic E-state index is 0.258. The molecule has 3 N–H and O–H groups in total. The predicted octanol–water partition coefficient (Wildman–Crippen LogP) is 6.34. The molecule has 2 aromatic carbocycles. The quantitative estimate of drug-likeness (QED) is 0.194. The van der Waals surface area contributed by atoms with Crippen molar-refractivity contribution >= 4 is 51.5 Å². The molecular weight excluding hydrogens is 510 g/mol. The van der Waals surface area contributed by atoms with E-state index in [0.29, 0.717) is 11.6 Å². The van der Waals surface area contributed by atoms with E-state index in [0.717, 1.165) is 58.6 Å². The first-order valence-electron chi connectivity index (χ1n) is 11.7. The number of hydrogen-bond acceptors (Lipinski definition) is 8. The smallest absolute Gasteiger partial charge is 0.223 e. The number of nitrogens with one attached hydrogen (secondary N) is 1. The van der Waals surface area contributed by atoms with Crippen molar-refractivity contribution in [3.8, 4) is 22.6 Å². The van der Waals surface area contributed by atoms with Gasteiger partial charge in [0.05, 0.1) is 11.4 Å². The largest absolute Gasteiger partial charge is 0.399 e. The van der Waals surface area contributed by atoms with Crippen LogP contribution in [0.3, 0.4) is 0 Å². The van der Waals surface area contributed by atoms with Crippen LogP contribution in [0.15, 0.2) is 77.3 Å². The maximum atomic E-state index is 6.07. The molecular formula is C26H24ClN7S2. The molecule has 6 rings (SSSR count). The number of hydrogen-bond donors (Lipinski definition) is 2. The Hall–Kier alpha value is -3.11. The number of anilines is 2. The van der Waals surface area contributed by atoms with Crippen LogP contribution in [0.25, 0.3) is 27.6 Å². The predicted molar refractivity (Wildman–Crippen MR) is 149 cm³/mol. The molecule has 1 fully saturated rings. The van der Waals surface area contributed by atoms with E-state index >= 15 is 0 Å². The summed E-state index contributed by atoms with van der Waals surface area (Å²) in [6, 6.07) is 18.0. The second-order valence-electron chi connectivity index (χ2n) is 8.67. The Morgan fingerprint density at radius 3 is 2.86 bits per heavy atom. The van der Waals surface area contributed by atoms with E-state index in [1.54, 1.807) is 23.3 Å². The zero-order valence-electron chi connectivity index (χ0n) is 19.3. The Bertz CT molecular complexity index is 1500. The maximum absolute atomic E-state index is 6.07. The zero-order valence-corrected chi connectivity index (χ0v) is 21.7. The van der Waals surface area contributed by atoms with Gasteiger partial charge in [-0.05, 0) is 67.3 Å². The average Bonchev–Trinajstić information content (AvgIpc) is 3.48. The monoisotopic (exact) mass is 533 g/mol. The maximum Gasteiger partial charge on any atom is 0.223 e. The van der Waals surface area contributed by atoms with Crippen molar-refractivity contribution in [1.29, 1.82) is 0 Å². The van der Waals surface area contributed by atoms with Crippen LogP contribution in [0.1, 0.15) is 12.8 Å². The van der Waals surface area contributed by atoms with Crippen LogP contribution in [0, 0.1) is 0 Å². The van der Waals surface area contributed by atoms with E-state index in [-0.39, 0.29) is 6.04 Å². The summed E-state index contributed by atoms with van der Waals surface area (Å²) < 4.78 is 4.47. The van der Waals surface area contributed by atoms with E-state index in [1.165, 1.54) is 4.90 Å². The van der Waals surface area contributed by atoms with Gasteiger partial charge >= 0.3 is 0 Å². The van der Waals surface area contributed by atoms with E-state index in [9.17, 15) is 0 Å². The van der Waals surface area contributed by atoms with Gasteiger partial charge in [-0.2, -0.15) is 0 Å². The van der Waals surface area contributed by atoms with Gasteiger partial charge in [-0.3, -0.25) is 4.40 Å². The van der Waals surface area contributed by atoms with Gasteiger partial charge in [0.25, 0.3) is 0 Å². The Balaban J connectivity index is 1.25. The lowest BCUT2D eigenvalue weighted by molar-refractivity contribution is 0.355. The number of aromatic nitrogens is 4. The average molecular weight is 534 g/mol.